The van der Waals surface area contributed by atoms with E-state index in [0.717, 1.165) is 0 Å². The Morgan fingerprint density at radius 1 is 1.23 bits per heavy atom. The van der Waals surface area contributed by atoms with Crippen LogP contribution in [0.1, 0.15) is 19.4 Å². The van der Waals surface area contributed by atoms with Crippen LogP contribution in [0.25, 0.3) is 0 Å². The number of hydrogen-bond acceptors (Lipinski definition) is 4. The van der Waals surface area contributed by atoms with Gasteiger partial charge >= 0.3 is 0 Å². The summed E-state index contributed by atoms with van der Waals surface area (Å²) in [6.45, 7) is 3.74. The van der Waals surface area contributed by atoms with Crippen LogP contribution in [0.4, 0.5) is 15.8 Å². The molecule has 1 amide bonds. The zero-order valence-corrected chi connectivity index (χ0v) is 15.3. The van der Waals surface area contributed by atoms with Crippen molar-refractivity contribution in [2.75, 3.05) is 17.2 Å². The average Bonchev–Trinajstić information content (AvgIpc) is 2.55. The molecule has 8 heteroatoms. The highest BCUT2D eigenvalue weighted by Crippen LogP contribution is 2.18. The monoisotopic (exact) mass is 380 g/mol. The molecule has 2 aromatic carbocycles. The number of nitrogens with two attached hydrogens (primary N) is 1. The molecule has 0 spiro atoms. The molecule has 0 fully saturated rings. The molecular formula is C18H22ClFN4O2. The number of rotatable bonds is 7. The molecule has 0 radical (unpaired) electrons. The molecule has 0 aliphatic rings. The Kier molecular flexibility index (Phi) is 7.86. The highest BCUT2D eigenvalue weighted by atomic mass is 35.5. The van der Waals surface area contributed by atoms with Gasteiger partial charge in [-0.3, -0.25) is 10.2 Å². The third-order valence-corrected chi connectivity index (χ3v) is 3.23. The molecule has 0 unspecified atom stereocenters. The Labute approximate surface area is 157 Å². The van der Waals surface area contributed by atoms with Gasteiger partial charge in [-0.1, -0.05) is 0 Å². The van der Waals surface area contributed by atoms with Gasteiger partial charge in [0.25, 0.3) is 0 Å². The number of halogens is 2. The van der Waals surface area contributed by atoms with Crippen molar-refractivity contribution in [2.45, 2.75) is 20.0 Å². The van der Waals surface area contributed by atoms with E-state index in [9.17, 15) is 9.18 Å². The topological polar surface area (TPSA) is 100 Å². The van der Waals surface area contributed by atoms with Crippen LogP contribution in [0.3, 0.4) is 0 Å². The van der Waals surface area contributed by atoms with E-state index in [1.165, 1.54) is 18.2 Å². The Morgan fingerprint density at radius 2 is 1.88 bits per heavy atom. The Balaban J connectivity index is 0.00000338. The molecule has 0 bridgehead atoms. The quantitative estimate of drug-likeness (QED) is 0.437. The molecule has 0 heterocycles. The highest BCUT2D eigenvalue weighted by Gasteiger charge is 2.08. The average molecular weight is 381 g/mol. The number of amidine groups is 1. The molecule has 0 saturated carbocycles. The van der Waals surface area contributed by atoms with Crippen molar-refractivity contribution in [2.24, 2.45) is 5.73 Å². The van der Waals surface area contributed by atoms with Gasteiger partial charge in [-0.25, -0.2) is 4.39 Å². The number of ether oxygens (including phenoxy) is 1. The summed E-state index contributed by atoms with van der Waals surface area (Å²) in [6, 6.07) is 11.0. The molecule has 0 aliphatic heterocycles. The zero-order valence-electron chi connectivity index (χ0n) is 14.5. The fourth-order valence-corrected chi connectivity index (χ4v) is 2.10. The fourth-order valence-electron chi connectivity index (χ4n) is 2.10. The summed E-state index contributed by atoms with van der Waals surface area (Å²) in [5.41, 5.74) is 6.48. The Hall–Kier alpha value is -2.80. The number of nitrogen functional groups attached to an aromatic ring is 1. The minimum Gasteiger partial charge on any atom is -0.491 e. The maximum Gasteiger partial charge on any atom is 0.243 e. The molecule has 140 valence electrons. The van der Waals surface area contributed by atoms with E-state index >= 15 is 0 Å². The minimum atomic E-state index is -0.520. The smallest absolute Gasteiger partial charge is 0.243 e. The van der Waals surface area contributed by atoms with Crippen molar-refractivity contribution >= 4 is 35.5 Å². The standard InChI is InChI=1S/C18H21FN4O2.ClH/c1-11(2)25-14-6-4-13(5-7-14)23-17(24)10-22-16-9-12(18(20)21)3-8-15(16)19;/h3-9,11,22H,10H2,1-2H3,(H3,20,21)(H,23,24);1H. The summed E-state index contributed by atoms with van der Waals surface area (Å²) < 4.78 is 19.3. The van der Waals surface area contributed by atoms with E-state index in [-0.39, 0.29) is 42.5 Å². The Bertz CT molecular complexity index is 766. The predicted molar refractivity (Wildman–Crippen MR) is 104 cm³/mol. The zero-order chi connectivity index (χ0) is 18.4. The molecule has 5 N–H and O–H groups in total. The van der Waals surface area contributed by atoms with Gasteiger partial charge in [0.1, 0.15) is 17.4 Å². The van der Waals surface area contributed by atoms with Crippen molar-refractivity contribution in [1.29, 1.82) is 5.41 Å². The van der Waals surface area contributed by atoms with Gasteiger partial charge in [0.05, 0.1) is 18.3 Å². The van der Waals surface area contributed by atoms with E-state index < -0.39 is 5.82 Å². The third-order valence-electron chi connectivity index (χ3n) is 3.23. The van der Waals surface area contributed by atoms with Crippen LogP contribution in [0.2, 0.25) is 0 Å². The van der Waals surface area contributed by atoms with Gasteiger partial charge in [0.15, 0.2) is 0 Å². The van der Waals surface area contributed by atoms with E-state index in [1.807, 2.05) is 13.8 Å². The lowest BCUT2D eigenvalue weighted by Gasteiger charge is -2.12. The molecule has 26 heavy (non-hydrogen) atoms. The van der Waals surface area contributed by atoms with Crippen molar-refractivity contribution in [3.63, 3.8) is 0 Å². The molecular weight excluding hydrogens is 359 g/mol. The number of carbonyl (C=O) groups is 1. The first kappa shape index (κ1) is 21.2. The molecule has 0 atom stereocenters. The van der Waals surface area contributed by atoms with E-state index in [4.69, 9.17) is 15.9 Å². The summed E-state index contributed by atoms with van der Waals surface area (Å²) in [5.74, 6) is -0.302. The molecule has 2 rings (SSSR count). The van der Waals surface area contributed by atoms with Crippen LogP contribution >= 0.6 is 12.4 Å². The maximum absolute atomic E-state index is 13.7. The molecule has 0 saturated heterocycles. The largest absolute Gasteiger partial charge is 0.491 e. The van der Waals surface area contributed by atoms with Crippen LogP contribution in [0, 0.1) is 11.2 Å². The first-order valence-electron chi connectivity index (χ1n) is 7.79. The molecule has 0 aliphatic carbocycles. The normalized spacial score (nSPS) is 10.0. The second-order valence-corrected chi connectivity index (χ2v) is 5.70. The second kappa shape index (κ2) is 9.62. The van der Waals surface area contributed by atoms with Gasteiger partial charge in [0, 0.05) is 11.3 Å². The van der Waals surface area contributed by atoms with Crippen molar-refractivity contribution < 1.29 is 13.9 Å². The van der Waals surface area contributed by atoms with Crippen molar-refractivity contribution in [3.05, 3.63) is 53.8 Å². The number of carbonyl (C=O) groups excluding carboxylic acids is 1. The molecule has 2 aromatic rings. The fraction of sp³-hybridized carbons (Fsp3) is 0.222. The Morgan fingerprint density at radius 3 is 2.46 bits per heavy atom. The number of benzene rings is 2. The van der Waals surface area contributed by atoms with Gasteiger partial charge in [0.2, 0.25) is 5.91 Å². The number of amides is 1. The van der Waals surface area contributed by atoms with Crippen molar-refractivity contribution in [3.8, 4) is 5.75 Å². The summed E-state index contributed by atoms with van der Waals surface area (Å²) in [7, 11) is 0. The van der Waals surface area contributed by atoms with Crippen LogP contribution in [-0.4, -0.2) is 24.4 Å². The van der Waals surface area contributed by atoms with Crippen LogP contribution < -0.4 is 21.1 Å². The summed E-state index contributed by atoms with van der Waals surface area (Å²) in [4.78, 5) is 12.0. The lowest BCUT2D eigenvalue weighted by molar-refractivity contribution is -0.114. The first-order valence-corrected chi connectivity index (χ1v) is 7.79. The first-order chi connectivity index (χ1) is 11.8. The lowest BCUT2D eigenvalue weighted by atomic mass is 10.2. The van der Waals surface area contributed by atoms with Gasteiger partial charge in [-0.05, 0) is 56.3 Å². The van der Waals surface area contributed by atoms with Crippen LogP contribution in [0.15, 0.2) is 42.5 Å². The summed E-state index contributed by atoms with van der Waals surface area (Å²) in [6.07, 6.45) is 0.0744. The number of anilines is 2. The van der Waals surface area contributed by atoms with E-state index in [2.05, 4.69) is 10.6 Å². The highest BCUT2D eigenvalue weighted by molar-refractivity contribution is 5.96. The van der Waals surface area contributed by atoms with Gasteiger partial charge in [-0.15, -0.1) is 12.4 Å². The van der Waals surface area contributed by atoms with E-state index in [0.29, 0.717) is 17.0 Å². The van der Waals surface area contributed by atoms with E-state index in [1.54, 1.807) is 24.3 Å². The predicted octanol–water partition coefficient (Wildman–Crippen LogP) is 3.37. The van der Waals surface area contributed by atoms with Crippen LogP contribution in [-0.2, 0) is 4.79 Å². The maximum atomic E-state index is 13.7. The summed E-state index contributed by atoms with van der Waals surface area (Å²) >= 11 is 0. The number of hydrogen-bond donors (Lipinski definition) is 4. The van der Waals surface area contributed by atoms with Crippen LogP contribution in [0.5, 0.6) is 5.75 Å². The lowest BCUT2D eigenvalue weighted by Crippen LogP contribution is -2.22. The second-order valence-electron chi connectivity index (χ2n) is 5.70. The van der Waals surface area contributed by atoms with Crippen molar-refractivity contribution in [1.82, 2.24) is 0 Å². The summed E-state index contributed by atoms with van der Waals surface area (Å²) in [5, 5.41) is 12.8. The van der Waals surface area contributed by atoms with Gasteiger partial charge in [-0.2, -0.15) is 0 Å². The third kappa shape index (κ3) is 6.25. The minimum absolute atomic E-state index is 0. The molecule has 0 aromatic heterocycles. The SMILES string of the molecule is CC(C)Oc1ccc(NC(=O)CNc2cc(C(=N)N)ccc2F)cc1.Cl. The molecule has 6 nitrogen and oxygen atoms in total. The number of nitrogens with one attached hydrogen (secondary N) is 3. The van der Waals surface area contributed by atoms with Gasteiger partial charge < -0.3 is 21.1 Å².